The number of aromatic nitrogens is 4. The summed E-state index contributed by atoms with van der Waals surface area (Å²) in [4.78, 5) is 8.89. The Kier molecular flexibility index (Phi) is 4.79. The number of hydrogen-bond donors (Lipinski definition) is 1. The van der Waals surface area contributed by atoms with Crippen molar-refractivity contribution in [3.63, 3.8) is 0 Å². The van der Waals surface area contributed by atoms with E-state index in [4.69, 9.17) is 15.5 Å². The van der Waals surface area contributed by atoms with Gasteiger partial charge in [0.2, 0.25) is 0 Å². The Morgan fingerprint density at radius 1 is 1.00 bits per heavy atom. The second-order valence-electron chi connectivity index (χ2n) is 7.05. The van der Waals surface area contributed by atoms with E-state index in [1.54, 1.807) is 24.0 Å². The predicted octanol–water partition coefficient (Wildman–Crippen LogP) is 3.97. The maximum Gasteiger partial charge on any atom is 0.163 e. The zero-order valence-corrected chi connectivity index (χ0v) is 16.2. The van der Waals surface area contributed by atoms with E-state index in [0.717, 1.165) is 33.8 Å². The predicted molar refractivity (Wildman–Crippen MR) is 109 cm³/mol. The van der Waals surface area contributed by atoms with Crippen molar-refractivity contribution in [3.05, 3.63) is 78.0 Å². The quantitative estimate of drug-likeness (QED) is 0.573. The molecule has 3 heterocycles. The van der Waals surface area contributed by atoms with Crippen molar-refractivity contribution < 1.29 is 4.74 Å². The van der Waals surface area contributed by atoms with E-state index in [-0.39, 0.29) is 6.04 Å². The second kappa shape index (κ2) is 7.40. The van der Waals surface area contributed by atoms with Crippen LogP contribution in [0.1, 0.15) is 42.6 Å². The Morgan fingerprint density at radius 3 is 2.50 bits per heavy atom. The zero-order valence-electron chi connectivity index (χ0n) is 16.2. The van der Waals surface area contributed by atoms with E-state index < -0.39 is 0 Å². The van der Waals surface area contributed by atoms with Gasteiger partial charge in [0, 0.05) is 24.2 Å². The van der Waals surface area contributed by atoms with Gasteiger partial charge in [0.25, 0.3) is 0 Å². The van der Waals surface area contributed by atoms with Crippen LogP contribution in [-0.4, -0.2) is 26.7 Å². The first kappa shape index (κ1) is 18.1. The van der Waals surface area contributed by atoms with Crippen LogP contribution in [0.3, 0.4) is 0 Å². The summed E-state index contributed by atoms with van der Waals surface area (Å²) in [5.41, 5.74) is 12.1. The molecule has 0 bridgehead atoms. The normalized spacial score (nSPS) is 12.5. The standard InChI is InChI=1S/C22H23N5O/c1-14(2)16-4-5-20(28-3)17(12-16)18-13-25-27-11-8-19(26-22(18)27)21(23)15-6-9-24-10-7-15/h4-14,21H,23H2,1-3H3. The minimum absolute atomic E-state index is 0.334. The van der Waals surface area contributed by atoms with Crippen molar-refractivity contribution in [2.45, 2.75) is 25.8 Å². The summed E-state index contributed by atoms with van der Waals surface area (Å²) in [6, 6.07) is 11.6. The summed E-state index contributed by atoms with van der Waals surface area (Å²) in [6.07, 6.45) is 7.19. The number of ether oxygens (including phenoxy) is 1. The lowest BCUT2D eigenvalue weighted by Crippen LogP contribution is -2.14. The molecule has 4 aromatic rings. The lowest BCUT2D eigenvalue weighted by molar-refractivity contribution is 0.416. The smallest absolute Gasteiger partial charge is 0.163 e. The maximum atomic E-state index is 6.44. The van der Waals surface area contributed by atoms with E-state index >= 15 is 0 Å². The molecule has 4 rings (SSSR count). The number of methoxy groups -OCH3 is 1. The minimum Gasteiger partial charge on any atom is -0.496 e. The van der Waals surface area contributed by atoms with Gasteiger partial charge in [-0.1, -0.05) is 19.9 Å². The molecule has 3 aromatic heterocycles. The van der Waals surface area contributed by atoms with E-state index in [1.807, 2.05) is 36.7 Å². The second-order valence-corrected chi connectivity index (χ2v) is 7.05. The average molecular weight is 373 g/mol. The van der Waals surface area contributed by atoms with Crippen LogP contribution >= 0.6 is 0 Å². The SMILES string of the molecule is COc1ccc(C(C)C)cc1-c1cnn2ccc(C(N)c3ccncc3)nc12. The first-order chi connectivity index (χ1) is 13.6. The van der Waals surface area contributed by atoms with Crippen molar-refractivity contribution in [1.82, 2.24) is 19.6 Å². The topological polar surface area (TPSA) is 78.3 Å². The Hall–Kier alpha value is -3.25. The largest absolute Gasteiger partial charge is 0.496 e. The monoisotopic (exact) mass is 373 g/mol. The molecular formula is C22H23N5O. The van der Waals surface area contributed by atoms with Crippen LogP contribution in [0.25, 0.3) is 16.8 Å². The van der Waals surface area contributed by atoms with E-state index in [9.17, 15) is 0 Å². The Bertz CT molecular complexity index is 1100. The molecule has 0 radical (unpaired) electrons. The number of rotatable bonds is 5. The lowest BCUT2D eigenvalue weighted by Gasteiger charge is -2.13. The highest BCUT2D eigenvalue weighted by Gasteiger charge is 2.17. The van der Waals surface area contributed by atoms with Gasteiger partial charge in [0.15, 0.2) is 5.65 Å². The van der Waals surface area contributed by atoms with Gasteiger partial charge in [-0.05, 0) is 47.4 Å². The molecule has 1 aromatic carbocycles. The average Bonchev–Trinajstić information content (AvgIpc) is 3.16. The molecular weight excluding hydrogens is 350 g/mol. The van der Waals surface area contributed by atoms with Gasteiger partial charge in [-0.2, -0.15) is 5.10 Å². The van der Waals surface area contributed by atoms with Crippen LogP contribution in [0.2, 0.25) is 0 Å². The van der Waals surface area contributed by atoms with Gasteiger partial charge in [-0.15, -0.1) is 0 Å². The number of hydrogen-bond acceptors (Lipinski definition) is 5. The lowest BCUT2D eigenvalue weighted by atomic mass is 9.97. The summed E-state index contributed by atoms with van der Waals surface area (Å²) in [7, 11) is 1.68. The van der Waals surface area contributed by atoms with Crippen LogP contribution in [0.15, 0.2) is 61.2 Å². The fourth-order valence-corrected chi connectivity index (χ4v) is 3.28. The van der Waals surface area contributed by atoms with Gasteiger partial charge in [-0.25, -0.2) is 9.50 Å². The van der Waals surface area contributed by atoms with Crippen molar-refractivity contribution >= 4 is 5.65 Å². The first-order valence-electron chi connectivity index (χ1n) is 9.26. The number of benzene rings is 1. The van der Waals surface area contributed by atoms with Crippen molar-refractivity contribution in [1.29, 1.82) is 0 Å². The zero-order chi connectivity index (χ0) is 19.7. The number of nitrogens with zero attached hydrogens (tertiary/aromatic N) is 4. The fourth-order valence-electron chi connectivity index (χ4n) is 3.28. The minimum atomic E-state index is -0.334. The number of fused-ring (bicyclic) bond motifs is 1. The molecule has 0 saturated carbocycles. The molecule has 0 aliphatic carbocycles. The highest BCUT2D eigenvalue weighted by Crippen LogP contribution is 2.35. The van der Waals surface area contributed by atoms with Gasteiger partial charge < -0.3 is 10.5 Å². The summed E-state index contributed by atoms with van der Waals surface area (Å²) >= 11 is 0. The molecule has 0 spiro atoms. The Labute approximate surface area is 164 Å². The van der Waals surface area contributed by atoms with Gasteiger partial charge in [0.05, 0.1) is 30.6 Å². The molecule has 2 N–H and O–H groups in total. The molecule has 28 heavy (non-hydrogen) atoms. The van der Waals surface area contributed by atoms with Crippen LogP contribution in [0, 0.1) is 0 Å². The summed E-state index contributed by atoms with van der Waals surface area (Å²) in [6.45, 7) is 4.34. The third-order valence-corrected chi connectivity index (χ3v) is 4.95. The first-order valence-corrected chi connectivity index (χ1v) is 9.26. The molecule has 0 amide bonds. The van der Waals surface area contributed by atoms with E-state index in [2.05, 4.69) is 36.1 Å². The summed E-state index contributed by atoms with van der Waals surface area (Å²) in [5, 5.41) is 4.47. The van der Waals surface area contributed by atoms with Crippen LogP contribution in [0.4, 0.5) is 0 Å². The van der Waals surface area contributed by atoms with Crippen molar-refractivity contribution in [2.24, 2.45) is 5.73 Å². The highest BCUT2D eigenvalue weighted by atomic mass is 16.5. The molecule has 0 fully saturated rings. The molecule has 0 aliphatic rings. The molecule has 142 valence electrons. The van der Waals surface area contributed by atoms with Crippen LogP contribution < -0.4 is 10.5 Å². The molecule has 6 heteroatoms. The number of pyridine rings is 1. The molecule has 6 nitrogen and oxygen atoms in total. The van der Waals surface area contributed by atoms with Crippen molar-refractivity contribution in [3.8, 4) is 16.9 Å². The van der Waals surface area contributed by atoms with Crippen LogP contribution in [0.5, 0.6) is 5.75 Å². The highest BCUT2D eigenvalue weighted by molar-refractivity contribution is 5.81. The number of nitrogens with two attached hydrogens (primary N) is 1. The Morgan fingerprint density at radius 2 is 1.79 bits per heavy atom. The maximum absolute atomic E-state index is 6.44. The third kappa shape index (κ3) is 3.23. The van der Waals surface area contributed by atoms with E-state index in [0.29, 0.717) is 5.92 Å². The van der Waals surface area contributed by atoms with Gasteiger partial charge in [-0.3, -0.25) is 4.98 Å². The van der Waals surface area contributed by atoms with Gasteiger partial charge in [0.1, 0.15) is 5.75 Å². The van der Waals surface area contributed by atoms with Crippen molar-refractivity contribution in [2.75, 3.05) is 7.11 Å². The van der Waals surface area contributed by atoms with Crippen LogP contribution in [-0.2, 0) is 0 Å². The molecule has 0 saturated heterocycles. The summed E-state index contributed by atoms with van der Waals surface area (Å²) in [5.74, 6) is 1.21. The summed E-state index contributed by atoms with van der Waals surface area (Å²) < 4.78 is 7.37. The van der Waals surface area contributed by atoms with E-state index in [1.165, 1.54) is 5.56 Å². The third-order valence-electron chi connectivity index (χ3n) is 4.95. The van der Waals surface area contributed by atoms with Gasteiger partial charge >= 0.3 is 0 Å². The fraction of sp³-hybridized carbons (Fsp3) is 0.227. The molecule has 1 atom stereocenters. The Balaban J connectivity index is 1.84. The molecule has 1 unspecified atom stereocenters. The molecule has 0 aliphatic heterocycles.